The number of guanidine groups is 2. The molecule has 19 N–H and O–H groups in total. The number of carbonyl (C=O) groups excluding carboxylic acids is 11. The number of hydrogen-bond acceptors (Lipinski definition) is 14. The summed E-state index contributed by atoms with van der Waals surface area (Å²) >= 11 is 0. The number of benzene rings is 2. The maximum absolute atomic E-state index is 15.3. The van der Waals surface area contributed by atoms with E-state index in [1.165, 1.54) is 36.3 Å². The van der Waals surface area contributed by atoms with Crippen molar-refractivity contribution in [3.63, 3.8) is 0 Å². The average Bonchev–Trinajstić information content (AvgIpc) is 2.88. The minimum atomic E-state index is -1.45. The Bertz CT molecular complexity index is 3290. The monoisotopic (exact) mass is 1270 g/mol. The van der Waals surface area contributed by atoms with Crippen LogP contribution in [0.25, 0.3) is 10.9 Å². The zero-order valence-electron chi connectivity index (χ0n) is 51.8. The lowest BCUT2D eigenvalue weighted by Gasteiger charge is -2.33. The Balaban J connectivity index is 1.23. The van der Waals surface area contributed by atoms with Crippen LogP contribution in [0.1, 0.15) is 101 Å². The molecule has 2 aromatic heterocycles. The van der Waals surface area contributed by atoms with Crippen LogP contribution in [0.3, 0.4) is 0 Å². The molecule has 0 radical (unpaired) electrons. The second-order valence-electron chi connectivity index (χ2n) is 23.1. The maximum Gasteiger partial charge on any atom is 0.246 e. The summed E-state index contributed by atoms with van der Waals surface area (Å²) in [6.07, 6.45) is 5.41. The van der Waals surface area contributed by atoms with Gasteiger partial charge in [0.05, 0.1) is 6.33 Å². The molecule has 0 unspecified atom stereocenters. The van der Waals surface area contributed by atoms with Crippen molar-refractivity contribution in [1.29, 1.82) is 0 Å². The summed E-state index contributed by atoms with van der Waals surface area (Å²) in [5.74, 6) is -7.83. The summed E-state index contributed by atoms with van der Waals surface area (Å²) < 4.78 is 0. The number of fused-ring (bicyclic) bond motifs is 1. The number of likely N-dealkylation sites (tertiary alicyclic amines) is 2. The Kier molecular flexibility index (Phi) is 25.8. The molecule has 3 aliphatic rings. The number of rotatable bonds is 20. The lowest BCUT2D eigenvalue weighted by molar-refractivity contribution is -0.148. The second-order valence-corrected chi connectivity index (χ2v) is 23.1. The summed E-state index contributed by atoms with van der Waals surface area (Å²) in [6, 6.07) is 4.54. The van der Waals surface area contributed by atoms with Crippen LogP contribution in [0.15, 0.2) is 83.3 Å². The zero-order valence-corrected chi connectivity index (χ0v) is 51.8. The third-order valence-electron chi connectivity index (χ3n) is 16.3. The Labute approximate surface area is 531 Å². The number of hydrogen-bond donors (Lipinski definition) is 15. The number of aromatic amines is 2. The predicted molar refractivity (Wildman–Crippen MR) is 338 cm³/mol. The van der Waals surface area contributed by atoms with Crippen LogP contribution < -0.4 is 70.8 Å². The summed E-state index contributed by atoms with van der Waals surface area (Å²) in [7, 11) is 1.43. The van der Waals surface area contributed by atoms with Crippen LogP contribution in [0, 0.1) is 0 Å². The van der Waals surface area contributed by atoms with Gasteiger partial charge in [-0.15, -0.1) is 0 Å². The van der Waals surface area contributed by atoms with Gasteiger partial charge >= 0.3 is 0 Å². The minimum absolute atomic E-state index is 0.0245. The molecule has 4 aromatic rings. The van der Waals surface area contributed by atoms with E-state index in [-0.39, 0.29) is 122 Å². The predicted octanol–water partition coefficient (Wildman–Crippen LogP) is -3.14. The van der Waals surface area contributed by atoms with Crippen LogP contribution in [-0.4, -0.2) is 196 Å². The molecule has 2 aromatic carbocycles. The van der Waals surface area contributed by atoms with E-state index in [1.807, 2.05) is 18.2 Å². The van der Waals surface area contributed by atoms with E-state index in [1.54, 1.807) is 42.6 Å². The van der Waals surface area contributed by atoms with E-state index in [4.69, 9.17) is 22.9 Å². The number of para-hydroxylation sites is 1. The molecule has 3 fully saturated rings. The molecule has 3 aliphatic heterocycles. The van der Waals surface area contributed by atoms with E-state index in [2.05, 4.69) is 72.8 Å². The summed E-state index contributed by atoms with van der Waals surface area (Å²) in [5, 5.41) is 25.4. The third kappa shape index (κ3) is 20.2. The van der Waals surface area contributed by atoms with E-state index in [9.17, 15) is 38.4 Å². The molecular weight excluding hydrogens is 1190 g/mol. The normalized spacial score (nSPS) is 22.7. The van der Waals surface area contributed by atoms with Gasteiger partial charge in [0, 0.05) is 101 Å². The van der Waals surface area contributed by atoms with Crippen molar-refractivity contribution in [1.82, 2.24) is 72.6 Å². The highest BCUT2D eigenvalue weighted by molar-refractivity contribution is 5.99. The zero-order chi connectivity index (χ0) is 66.3. The Morgan fingerprint density at radius 3 is 1.95 bits per heavy atom. The fourth-order valence-electron chi connectivity index (χ4n) is 11.6. The second kappa shape index (κ2) is 34.2. The molecule has 0 bridgehead atoms. The van der Waals surface area contributed by atoms with Crippen LogP contribution in [0.4, 0.5) is 0 Å². The van der Waals surface area contributed by atoms with Crippen LogP contribution in [0.5, 0.6) is 0 Å². The standard InChI is InChI=1S/C61H86N20O11/c1-35(82)73-43-22-23-50(83)68-24-10-19-44(58(91)81-28-12-21-49(81)59(92)80-27-11-20-48(80)57(90)75-41(51(84)66-2)17-8-25-69-60(62)63)76-55(88)46(30-37-32-71-40-16-7-6-15-39(37)40)78-52(85)42(18-9-26-70-61(64)65)74-54(87)45(29-36-13-4-3-5-14-36)77-56(89)47(79-53(43)86)31-38-33-67-34-72-38/h3-7,13-16,32-34,41-49,71H,8-12,17-31H2,1-2H3,(H,66,84)(H,67,72)(H,68,83)(H,73,82)(H,74,87)(H,75,90)(H,76,88)(H,77,89)(H,78,85)(H,79,86)(H4,62,63,69)(H4,64,65,70)/t41-,42-,43-,44-,45+,46-,47-,48-,49-/m0/s1. The molecule has 0 spiro atoms. The van der Waals surface area contributed by atoms with Crippen LogP contribution >= 0.6 is 0 Å². The number of nitrogens with two attached hydrogens (primary N) is 4. The SMILES string of the molecule is CNC(=O)[C@H](CCCN=C(N)N)NC(=O)[C@@H]1CCCN1C(=O)[C@@H]1CCCN1C(=O)[C@@H]1CCCNC(=O)CC[C@H](NC(C)=O)C(=O)N[C@@H](Cc2cnc[nH]2)C(=O)N[C@H](Cc2ccccc2)C(=O)N[C@@H](CCCN=C(N)N)C(=O)N[C@@H](Cc2c[nH]c3ccccc23)C(=O)N1. The highest BCUT2D eigenvalue weighted by atomic mass is 16.2. The number of imidazole rings is 1. The molecule has 7 rings (SSSR count). The Morgan fingerprint density at radius 2 is 1.27 bits per heavy atom. The summed E-state index contributed by atoms with van der Waals surface area (Å²) in [5.41, 5.74) is 24.6. The lowest BCUT2D eigenvalue weighted by atomic mass is 10.0. The molecule has 31 nitrogen and oxygen atoms in total. The smallest absolute Gasteiger partial charge is 0.246 e. The van der Waals surface area contributed by atoms with Crippen molar-refractivity contribution >= 4 is 87.8 Å². The molecule has 0 saturated carbocycles. The van der Waals surface area contributed by atoms with Gasteiger partial charge in [0.15, 0.2) is 11.9 Å². The number of aromatic nitrogens is 3. The summed E-state index contributed by atoms with van der Waals surface area (Å²) in [6.45, 7) is 1.64. The third-order valence-corrected chi connectivity index (χ3v) is 16.3. The number of amides is 11. The molecule has 5 heterocycles. The van der Waals surface area contributed by atoms with Crippen molar-refractivity contribution < 1.29 is 52.7 Å². The Hall–Kier alpha value is -10.1. The lowest BCUT2D eigenvalue weighted by Crippen LogP contribution is -2.61. The van der Waals surface area contributed by atoms with Crippen molar-refractivity contribution in [3.8, 4) is 0 Å². The quantitative estimate of drug-likeness (QED) is 0.0236. The first-order valence-electron chi connectivity index (χ1n) is 31.0. The van der Waals surface area contributed by atoms with Gasteiger partial charge in [-0.05, 0) is 87.8 Å². The van der Waals surface area contributed by atoms with Gasteiger partial charge in [-0.2, -0.15) is 0 Å². The first-order chi connectivity index (χ1) is 44.2. The molecular formula is C61H86N20O11. The fourth-order valence-corrected chi connectivity index (χ4v) is 11.6. The van der Waals surface area contributed by atoms with Gasteiger partial charge in [0.2, 0.25) is 65.0 Å². The first-order valence-corrected chi connectivity index (χ1v) is 31.0. The number of nitrogens with one attached hydrogen (secondary N) is 11. The molecule has 3 saturated heterocycles. The van der Waals surface area contributed by atoms with Crippen molar-refractivity contribution in [2.45, 2.75) is 158 Å². The van der Waals surface area contributed by atoms with Gasteiger partial charge < -0.3 is 90.6 Å². The first kappa shape index (κ1) is 69.4. The molecule has 0 aliphatic carbocycles. The number of nitrogens with zero attached hydrogens (tertiary/aromatic N) is 5. The van der Waals surface area contributed by atoms with Crippen molar-refractivity contribution in [3.05, 3.63) is 90.1 Å². The molecule has 11 amide bonds. The van der Waals surface area contributed by atoms with E-state index in [0.717, 1.165) is 10.9 Å². The van der Waals surface area contributed by atoms with Gasteiger partial charge in [-0.25, -0.2) is 4.98 Å². The number of carbonyl (C=O) groups is 11. The molecule has 31 heteroatoms. The van der Waals surface area contributed by atoms with Gasteiger partial charge in [0.1, 0.15) is 54.4 Å². The highest BCUT2D eigenvalue weighted by Gasteiger charge is 2.45. The van der Waals surface area contributed by atoms with Gasteiger partial charge in [0.25, 0.3) is 0 Å². The van der Waals surface area contributed by atoms with E-state index < -0.39 is 119 Å². The van der Waals surface area contributed by atoms with E-state index >= 15 is 14.4 Å². The van der Waals surface area contributed by atoms with Crippen molar-refractivity contribution in [2.75, 3.05) is 39.8 Å². The van der Waals surface area contributed by atoms with Gasteiger partial charge in [-0.3, -0.25) is 62.7 Å². The molecule has 92 heavy (non-hydrogen) atoms. The largest absolute Gasteiger partial charge is 0.370 e. The topological polar surface area (TPSA) is 476 Å². The number of H-pyrrole nitrogens is 2. The molecule has 9 atom stereocenters. The number of likely N-dealkylation sites (N-methyl/N-ethyl adjacent to an activating group) is 1. The highest BCUT2D eigenvalue weighted by Crippen LogP contribution is 2.27. The fraction of sp³-hybridized carbons (Fsp3) is 0.508. The summed E-state index contributed by atoms with van der Waals surface area (Å²) in [4.78, 5) is 178. The van der Waals surface area contributed by atoms with Crippen molar-refractivity contribution in [2.24, 2.45) is 32.9 Å². The number of aliphatic imine (C=N–C) groups is 2. The van der Waals surface area contributed by atoms with E-state index in [0.29, 0.717) is 36.1 Å². The maximum atomic E-state index is 15.3. The molecule has 496 valence electrons. The van der Waals surface area contributed by atoms with Crippen LogP contribution in [-0.2, 0) is 72.0 Å². The Morgan fingerprint density at radius 1 is 0.663 bits per heavy atom. The van der Waals surface area contributed by atoms with Crippen LogP contribution in [0.2, 0.25) is 0 Å². The average molecular weight is 1280 g/mol. The van der Waals surface area contributed by atoms with Gasteiger partial charge in [-0.1, -0.05) is 48.5 Å². The minimum Gasteiger partial charge on any atom is -0.370 e.